The molecule has 3 N–H and O–H groups in total. The smallest absolute Gasteiger partial charge is 0.0478 e. The van der Waals surface area contributed by atoms with Crippen LogP contribution in [0.15, 0.2) is 0 Å². The van der Waals surface area contributed by atoms with Gasteiger partial charge in [-0.15, -0.1) is 0 Å². The Balaban J connectivity index is 2.92. The molecule has 0 amide bonds. The highest BCUT2D eigenvalue weighted by Gasteiger charge is 1.95. The van der Waals surface area contributed by atoms with Gasteiger partial charge in [0.05, 0.1) is 0 Å². The average molecular weight is 287 g/mol. The van der Waals surface area contributed by atoms with Crippen molar-refractivity contribution in [2.45, 2.75) is 71.6 Å². The zero-order valence-electron chi connectivity index (χ0n) is 14.0. The molecule has 20 heavy (non-hydrogen) atoms. The SMILES string of the molecule is CC(C)CCCCCCCCOCCCNCCCN. The third-order valence-electron chi connectivity index (χ3n) is 3.52. The van der Waals surface area contributed by atoms with Gasteiger partial charge in [-0.3, -0.25) is 0 Å². The molecule has 3 nitrogen and oxygen atoms in total. The van der Waals surface area contributed by atoms with Crippen LogP contribution in [0.3, 0.4) is 0 Å². The van der Waals surface area contributed by atoms with Gasteiger partial charge in [-0.05, 0) is 44.8 Å². The van der Waals surface area contributed by atoms with Crippen molar-refractivity contribution in [3.8, 4) is 0 Å². The summed E-state index contributed by atoms with van der Waals surface area (Å²) in [6, 6.07) is 0. The number of ether oxygens (including phenoxy) is 1. The molecule has 0 aromatic carbocycles. The third-order valence-corrected chi connectivity index (χ3v) is 3.52. The molecule has 0 rings (SSSR count). The highest BCUT2D eigenvalue weighted by molar-refractivity contribution is 4.50. The summed E-state index contributed by atoms with van der Waals surface area (Å²) in [4.78, 5) is 0. The van der Waals surface area contributed by atoms with E-state index in [1.54, 1.807) is 0 Å². The van der Waals surface area contributed by atoms with Crippen LogP contribution in [0.1, 0.15) is 71.6 Å². The monoisotopic (exact) mass is 286 g/mol. The van der Waals surface area contributed by atoms with Gasteiger partial charge in [-0.25, -0.2) is 0 Å². The first-order valence-electron chi connectivity index (χ1n) is 8.76. The summed E-state index contributed by atoms with van der Waals surface area (Å²) in [5, 5.41) is 3.36. The quantitative estimate of drug-likeness (QED) is 0.425. The van der Waals surface area contributed by atoms with E-state index in [1.807, 2.05) is 0 Å². The summed E-state index contributed by atoms with van der Waals surface area (Å²) >= 11 is 0. The van der Waals surface area contributed by atoms with Crippen molar-refractivity contribution in [3.05, 3.63) is 0 Å². The van der Waals surface area contributed by atoms with E-state index in [-0.39, 0.29) is 0 Å². The van der Waals surface area contributed by atoms with Crippen molar-refractivity contribution >= 4 is 0 Å². The average Bonchev–Trinajstić information content (AvgIpc) is 2.43. The van der Waals surface area contributed by atoms with Crippen molar-refractivity contribution in [2.24, 2.45) is 11.7 Å². The van der Waals surface area contributed by atoms with Crippen molar-refractivity contribution in [3.63, 3.8) is 0 Å². The molecule has 0 aliphatic carbocycles. The van der Waals surface area contributed by atoms with Gasteiger partial charge in [-0.1, -0.05) is 52.4 Å². The Morgan fingerprint density at radius 2 is 1.40 bits per heavy atom. The molecule has 0 fully saturated rings. The van der Waals surface area contributed by atoms with Crippen LogP contribution in [-0.4, -0.2) is 32.8 Å². The Morgan fingerprint density at radius 3 is 2.10 bits per heavy atom. The summed E-state index contributed by atoms with van der Waals surface area (Å²) in [5.41, 5.74) is 5.42. The number of unbranched alkanes of at least 4 members (excludes halogenated alkanes) is 5. The largest absolute Gasteiger partial charge is 0.381 e. The molecule has 3 heteroatoms. The molecule has 0 heterocycles. The fourth-order valence-electron chi connectivity index (χ4n) is 2.22. The Bertz CT molecular complexity index is 174. The molecule has 0 atom stereocenters. The van der Waals surface area contributed by atoms with Crippen molar-refractivity contribution < 1.29 is 4.74 Å². The normalized spacial score (nSPS) is 11.4. The molecule has 0 aliphatic heterocycles. The number of hydrogen-bond acceptors (Lipinski definition) is 3. The third kappa shape index (κ3) is 17.9. The van der Waals surface area contributed by atoms with Crippen LogP contribution in [0, 0.1) is 5.92 Å². The zero-order chi connectivity index (χ0) is 14.9. The predicted molar refractivity (Wildman–Crippen MR) is 89.1 cm³/mol. The lowest BCUT2D eigenvalue weighted by Crippen LogP contribution is -2.20. The Kier molecular flexibility index (Phi) is 16.8. The van der Waals surface area contributed by atoms with E-state index in [0.29, 0.717) is 0 Å². The fraction of sp³-hybridized carbons (Fsp3) is 1.00. The van der Waals surface area contributed by atoms with Crippen LogP contribution in [0.4, 0.5) is 0 Å². The van der Waals surface area contributed by atoms with E-state index in [9.17, 15) is 0 Å². The Morgan fingerprint density at radius 1 is 0.800 bits per heavy atom. The lowest BCUT2D eigenvalue weighted by atomic mass is 10.0. The van der Waals surface area contributed by atoms with E-state index >= 15 is 0 Å². The molecule has 0 radical (unpaired) electrons. The molecular formula is C17H38N2O. The van der Waals surface area contributed by atoms with Gasteiger partial charge >= 0.3 is 0 Å². The molecule has 0 aromatic rings. The Labute approximate surface area is 127 Å². The first-order chi connectivity index (χ1) is 9.77. The number of nitrogens with one attached hydrogen (secondary N) is 1. The van der Waals surface area contributed by atoms with Gasteiger partial charge in [0.1, 0.15) is 0 Å². The van der Waals surface area contributed by atoms with E-state index < -0.39 is 0 Å². The molecule has 122 valence electrons. The molecule has 0 saturated heterocycles. The second kappa shape index (κ2) is 16.9. The van der Waals surface area contributed by atoms with Crippen LogP contribution in [-0.2, 0) is 4.74 Å². The number of rotatable bonds is 16. The topological polar surface area (TPSA) is 47.3 Å². The summed E-state index contributed by atoms with van der Waals surface area (Å²) in [5.74, 6) is 0.869. The molecule has 0 bridgehead atoms. The van der Waals surface area contributed by atoms with Crippen LogP contribution in [0.2, 0.25) is 0 Å². The maximum Gasteiger partial charge on any atom is 0.0478 e. The van der Waals surface area contributed by atoms with Gasteiger partial charge in [0, 0.05) is 13.2 Å². The second-order valence-corrected chi connectivity index (χ2v) is 6.16. The van der Waals surface area contributed by atoms with Gasteiger partial charge in [-0.2, -0.15) is 0 Å². The summed E-state index contributed by atoms with van der Waals surface area (Å²) in [7, 11) is 0. The van der Waals surface area contributed by atoms with Crippen LogP contribution in [0.5, 0.6) is 0 Å². The number of nitrogens with two attached hydrogens (primary N) is 1. The van der Waals surface area contributed by atoms with Crippen molar-refractivity contribution in [1.82, 2.24) is 5.32 Å². The van der Waals surface area contributed by atoms with Crippen molar-refractivity contribution in [1.29, 1.82) is 0 Å². The molecule has 0 unspecified atom stereocenters. The molecular weight excluding hydrogens is 248 g/mol. The summed E-state index contributed by atoms with van der Waals surface area (Å²) < 4.78 is 5.63. The highest BCUT2D eigenvalue weighted by Crippen LogP contribution is 2.11. The van der Waals surface area contributed by atoms with Crippen LogP contribution >= 0.6 is 0 Å². The molecule has 0 aliphatic rings. The minimum absolute atomic E-state index is 0.779. The van der Waals surface area contributed by atoms with E-state index in [0.717, 1.165) is 51.6 Å². The van der Waals surface area contributed by atoms with Crippen LogP contribution in [0.25, 0.3) is 0 Å². The molecule has 0 spiro atoms. The predicted octanol–water partition coefficient (Wildman–Crippen LogP) is 3.72. The standard InChI is InChI=1S/C17H38N2O/c1-17(2)11-7-5-3-4-6-8-15-20-16-10-14-19-13-9-12-18/h17,19H,3-16,18H2,1-2H3. The lowest BCUT2D eigenvalue weighted by molar-refractivity contribution is 0.127. The summed E-state index contributed by atoms with van der Waals surface area (Å²) in [6.07, 6.45) is 11.7. The maximum atomic E-state index is 5.63. The fourth-order valence-corrected chi connectivity index (χ4v) is 2.22. The van der Waals surface area contributed by atoms with Gasteiger partial charge in [0.15, 0.2) is 0 Å². The maximum absolute atomic E-state index is 5.63. The molecule has 0 aromatic heterocycles. The van der Waals surface area contributed by atoms with Gasteiger partial charge in [0.25, 0.3) is 0 Å². The first kappa shape index (κ1) is 19.9. The minimum Gasteiger partial charge on any atom is -0.381 e. The highest BCUT2D eigenvalue weighted by atomic mass is 16.5. The lowest BCUT2D eigenvalue weighted by Gasteiger charge is -2.06. The van der Waals surface area contributed by atoms with E-state index in [2.05, 4.69) is 19.2 Å². The van der Waals surface area contributed by atoms with E-state index in [4.69, 9.17) is 10.5 Å². The van der Waals surface area contributed by atoms with Crippen LogP contribution < -0.4 is 11.1 Å². The first-order valence-corrected chi connectivity index (χ1v) is 8.76. The minimum atomic E-state index is 0.779. The molecule has 0 saturated carbocycles. The number of hydrogen-bond donors (Lipinski definition) is 2. The second-order valence-electron chi connectivity index (χ2n) is 6.16. The van der Waals surface area contributed by atoms with E-state index in [1.165, 1.54) is 44.9 Å². The van der Waals surface area contributed by atoms with Crippen molar-refractivity contribution in [2.75, 3.05) is 32.8 Å². The zero-order valence-corrected chi connectivity index (χ0v) is 14.0. The summed E-state index contributed by atoms with van der Waals surface area (Å²) in [6.45, 7) is 9.32. The Hall–Kier alpha value is -0.120. The van der Waals surface area contributed by atoms with Gasteiger partial charge in [0.2, 0.25) is 0 Å². The van der Waals surface area contributed by atoms with Gasteiger partial charge < -0.3 is 15.8 Å².